The number of quaternary nitrogens is 1. The van der Waals surface area contributed by atoms with Crippen molar-refractivity contribution in [3.63, 3.8) is 0 Å². The number of terminal acetylenes is 1. The summed E-state index contributed by atoms with van der Waals surface area (Å²) < 4.78 is 5.28. The van der Waals surface area contributed by atoms with Gasteiger partial charge >= 0.3 is 5.97 Å². The predicted octanol–water partition coefficient (Wildman–Crippen LogP) is -1.61. The van der Waals surface area contributed by atoms with Gasteiger partial charge in [0.15, 0.2) is 13.2 Å². The summed E-state index contributed by atoms with van der Waals surface area (Å²) in [6.45, 7) is 2.80. The van der Waals surface area contributed by atoms with Crippen molar-refractivity contribution in [2.24, 2.45) is 0 Å². The minimum absolute atomic E-state index is 0. The van der Waals surface area contributed by atoms with E-state index in [1.165, 1.54) is 0 Å². The smallest absolute Gasteiger partial charge is 0.362 e. The van der Waals surface area contributed by atoms with Crippen molar-refractivity contribution in [1.82, 2.24) is 0 Å². The number of likely N-dealkylation sites (N-methyl/N-ethyl adjacent to an activating group) is 1. The van der Waals surface area contributed by atoms with Crippen LogP contribution in [0.3, 0.4) is 0 Å². The normalized spacial score (nSPS) is 11.3. The summed E-state index contributed by atoms with van der Waals surface area (Å²) in [4.78, 5) is 11.3. The summed E-state index contributed by atoms with van der Waals surface area (Å²) in [5.41, 5.74) is 0. The molecule has 16 heavy (non-hydrogen) atoms. The molecule has 0 spiro atoms. The van der Waals surface area contributed by atoms with Crippen LogP contribution >= 0.6 is 11.6 Å². The van der Waals surface area contributed by atoms with E-state index in [1.807, 2.05) is 20.2 Å². The number of hydrogen-bond acceptors (Lipinski definition) is 2. The number of ether oxygens (including phenoxy) is 1. The summed E-state index contributed by atoms with van der Waals surface area (Å²) in [6, 6.07) is 0. The number of rotatable bonds is 5. The van der Waals surface area contributed by atoms with Gasteiger partial charge in [-0.25, -0.2) is 4.79 Å². The summed E-state index contributed by atoms with van der Waals surface area (Å²) >= 11 is 5.71. The number of halogens is 2. The Morgan fingerprint density at radius 1 is 1.56 bits per heavy atom. The third-order valence-electron chi connectivity index (χ3n) is 1.74. The molecule has 0 amide bonds. The van der Waals surface area contributed by atoms with Crippen LogP contribution in [0.2, 0.25) is 0 Å². The third-order valence-corrected chi connectivity index (χ3v) is 1.89. The summed E-state index contributed by atoms with van der Waals surface area (Å²) in [6.07, 6.45) is 6.85. The number of carbonyl (C=O) groups excluding carboxylic acids is 1. The average Bonchev–Trinajstić information content (AvgIpc) is 2.11. The lowest BCUT2D eigenvalue weighted by molar-refractivity contribution is -0.877. The second kappa shape index (κ2) is 8.46. The molecule has 0 radical (unpaired) electrons. The first kappa shape index (κ1) is 17.7. The summed E-state index contributed by atoms with van der Waals surface area (Å²) in [7, 11) is 3.85. The zero-order chi connectivity index (χ0) is 11.9. The molecular weight excluding hydrogens is 249 g/mol. The molecule has 0 fully saturated rings. The molecule has 0 saturated heterocycles. The maximum absolute atomic E-state index is 11.3. The molecule has 0 N–H and O–H groups in total. The quantitative estimate of drug-likeness (QED) is 0.340. The Balaban J connectivity index is 0. The molecule has 0 aromatic heterocycles. The molecular formula is C11H17Cl2NO2. The largest absolute Gasteiger partial charge is 1.00 e. The molecule has 0 aliphatic heterocycles. The maximum Gasteiger partial charge on any atom is 0.362 e. The average molecular weight is 266 g/mol. The highest BCUT2D eigenvalue weighted by atomic mass is 35.5. The molecule has 0 heterocycles. The zero-order valence-corrected chi connectivity index (χ0v) is 11.3. The van der Waals surface area contributed by atoms with Crippen LogP contribution in [0, 0.1) is 12.3 Å². The van der Waals surface area contributed by atoms with Crippen LogP contribution < -0.4 is 12.4 Å². The second-order valence-electron chi connectivity index (χ2n) is 3.93. The Labute approximate surface area is 108 Å². The van der Waals surface area contributed by atoms with Crippen molar-refractivity contribution in [1.29, 1.82) is 0 Å². The molecule has 0 atom stereocenters. The Kier molecular flexibility index (Phi) is 9.36. The number of hydrogen-bond donors (Lipinski definition) is 0. The fourth-order valence-electron chi connectivity index (χ4n) is 0.955. The van der Waals surface area contributed by atoms with E-state index in [-0.39, 0.29) is 31.5 Å². The van der Waals surface area contributed by atoms with Crippen LogP contribution in [0.25, 0.3) is 0 Å². The van der Waals surface area contributed by atoms with Gasteiger partial charge < -0.3 is 21.6 Å². The highest BCUT2D eigenvalue weighted by Gasteiger charge is 2.19. The van der Waals surface area contributed by atoms with Gasteiger partial charge in [-0.2, -0.15) is 0 Å². The Morgan fingerprint density at radius 2 is 2.12 bits per heavy atom. The fourth-order valence-corrected chi connectivity index (χ4v) is 1.02. The molecule has 0 aliphatic rings. The van der Waals surface area contributed by atoms with Crippen molar-refractivity contribution in [2.75, 3.05) is 33.8 Å². The number of carbonyl (C=O) groups is 1. The molecule has 0 aromatic rings. The molecule has 0 rings (SSSR count). The monoisotopic (exact) mass is 265 g/mol. The van der Waals surface area contributed by atoms with Gasteiger partial charge in [0.2, 0.25) is 0 Å². The minimum Gasteiger partial charge on any atom is -1.00 e. The number of esters is 1. The molecule has 0 aliphatic carbocycles. The SMILES string of the molecule is C#CCOC(=O)C[N+](C)(C)CC=C(C)Cl.[Cl-]. The van der Waals surface area contributed by atoms with Crippen LogP contribution in [-0.4, -0.2) is 44.2 Å². The molecule has 0 unspecified atom stereocenters. The Bertz CT molecular complexity index is 289. The lowest BCUT2D eigenvalue weighted by atomic mass is 10.4. The van der Waals surface area contributed by atoms with Crippen molar-refractivity contribution in [2.45, 2.75) is 6.92 Å². The zero-order valence-electron chi connectivity index (χ0n) is 9.80. The van der Waals surface area contributed by atoms with E-state index < -0.39 is 0 Å². The lowest BCUT2D eigenvalue weighted by Crippen LogP contribution is -3.00. The molecule has 0 bridgehead atoms. The molecule has 5 heteroatoms. The van der Waals surface area contributed by atoms with Gasteiger partial charge in [-0.15, -0.1) is 6.42 Å². The van der Waals surface area contributed by atoms with E-state index in [2.05, 4.69) is 5.92 Å². The van der Waals surface area contributed by atoms with E-state index in [0.717, 1.165) is 5.03 Å². The van der Waals surface area contributed by atoms with E-state index in [0.29, 0.717) is 11.0 Å². The van der Waals surface area contributed by atoms with Crippen LogP contribution in [0.1, 0.15) is 6.92 Å². The van der Waals surface area contributed by atoms with Gasteiger partial charge in [0.1, 0.15) is 0 Å². The van der Waals surface area contributed by atoms with Crippen LogP contribution in [-0.2, 0) is 9.53 Å². The van der Waals surface area contributed by atoms with Crippen molar-refractivity contribution in [3.8, 4) is 12.3 Å². The number of allylic oxidation sites excluding steroid dienone is 1. The first-order valence-electron chi connectivity index (χ1n) is 4.61. The maximum atomic E-state index is 11.3. The van der Waals surface area contributed by atoms with Gasteiger partial charge in [-0.3, -0.25) is 0 Å². The van der Waals surface area contributed by atoms with Gasteiger partial charge in [0.25, 0.3) is 0 Å². The second-order valence-corrected chi connectivity index (χ2v) is 4.53. The van der Waals surface area contributed by atoms with Crippen LogP contribution in [0.15, 0.2) is 11.1 Å². The summed E-state index contributed by atoms with van der Waals surface area (Å²) in [5.74, 6) is 1.96. The minimum atomic E-state index is -0.293. The van der Waals surface area contributed by atoms with Crippen LogP contribution in [0.4, 0.5) is 0 Å². The van der Waals surface area contributed by atoms with Crippen molar-refractivity contribution in [3.05, 3.63) is 11.1 Å². The van der Waals surface area contributed by atoms with Crippen molar-refractivity contribution >= 4 is 17.6 Å². The molecule has 92 valence electrons. The summed E-state index contributed by atoms with van der Waals surface area (Å²) in [5, 5.41) is 0.721. The van der Waals surface area contributed by atoms with E-state index in [1.54, 1.807) is 6.92 Å². The highest BCUT2D eigenvalue weighted by Crippen LogP contribution is 2.03. The van der Waals surface area contributed by atoms with E-state index in [9.17, 15) is 4.79 Å². The van der Waals surface area contributed by atoms with Crippen LogP contribution in [0.5, 0.6) is 0 Å². The van der Waals surface area contributed by atoms with Gasteiger partial charge in [-0.05, 0) is 13.0 Å². The first-order valence-corrected chi connectivity index (χ1v) is 4.98. The van der Waals surface area contributed by atoms with Gasteiger partial charge in [0.05, 0.1) is 20.6 Å². The van der Waals surface area contributed by atoms with E-state index in [4.69, 9.17) is 22.8 Å². The first-order chi connectivity index (χ1) is 6.87. The van der Waals surface area contributed by atoms with Gasteiger partial charge in [-0.1, -0.05) is 17.5 Å². The topological polar surface area (TPSA) is 26.3 Å². The third kappa shape index (κ3) is 9.85. The molecule has 0 saturated carbocycles. The molecule has 0 aromatic carbocycles. The standard InChI is InChI=1S/C11H17ClNO2.ClH/c1-5-8-15-11(14)9-13(3,4)7-6-10(2)12;/h1,6H,7-9H2,2-4H3;1H/q+1;/p-1. The lowest BCUT2D eigenvalue weighted by Gasteiger charge is -2.26. The number of nitrogens with zero attached hydrogens (tertiary/aromatic N) is 1. The van der Waals surface area contributed by atoms with E-state index >= 15 is 0 Å². The Hall–Kier alpha value is -0.690. The highest BCUT2D eigenvalue weighted by molar-refractivity contribution is 6.29. The molecule has 3 nitrogen and oxygen atoms in total. The van der Waals surface area contributed by atoms with Gasteiger partial charge in [0, 0.05) is 5.03 Å². The predicted molar refractivity (Wildman–Crippen MR) is 61.2 cm³/mol. The Morgan fingerprint density at radius 3 is 2.56 bits per heavy atom. The fraction of sp³-hybridized carbons (Fsp3) is 0.545. The van der Waals surface area contributed by atoms with Crippen molar-refractivity contribution < 1.29 is 26.4 Å².